The van der Waals surface area contributed by atoms with Gasteiger partial charge in [-0.1, -0.05) is 121 Å². The van der Waals surface area contributed by atoms with E-state index in [-0.39, 0.29) is 44.8 Å². The van der Waals surface area contributed by atoms with Crippen LogP contribution in [0, 0.1) is 12.8 Å². The van der Waals surface area contributed by atoms with Crippen LogP contribution in [0.4, 0.5) is 4.79 Å². The van der Waals surface area contributed by atoms with Crippen molar-refractivity contribution in [2.24, 2.45) is 5.92 Å². The number of Topliss-reactive ketones (excluding diaryl/α,β-unsaturated/α-hetero) is 1. The zero-order chi connectivity index (χ0) is 46.5. The van der Waals surface area contributed by atoms with Crippen LogP contribution in [0.2, 0.25) is 0 Å². The fraction of sp³-hybridized carbons (Fsp3) is 0.392. The molecule has 0 bridgehead atoms. The number of imide groups is 1. The van der Waals surface area contributed by atoms with Crippen molar-refractivity contribution in [2.45, 2.75) is 103 Å². The summed E-state index contributed by atoms with van der Waals surface area (Å²) in [4.78, 5) is 68.8. The molecule has 0 spiro atoms. The molecule has 2 amide bonds. The van der Waals surface area contributed by atoms with E-state index in [0.717, 1.165) is 34.6 Å². The summed E-state index contributed by atoms with van der Waals surface area (Å²) in [6.07, 6.45) is -6.26. The number of aryl methyl sites for hydroxylation is 1. The third-order valence-corrected chi connectivity index (χ3v) is 11.4. The van der Waals surface area contributed by atoms with Gasteiger partial charge in [0.25, 0.3) is 0 Å². The van der Waals surface area contributed by atoms with Crippen LogP contribution in [-0.2, 0) is 65.5 Å². The Morgan fingerprint density at radius 3 is 2.02 bits per heavy atom. The van der Waals surface area contributed by atoms with Gasteiger partial charge in [0, 0.05) is 32.6 Å². The number of esters is 1. The van der Waals surface area contributed by atoms with E-state index < -0.39 is 84.4 Å². The number of carbonyl (C=O) groups excluding carboxylic acids is 5. The zero-order valence-corrected chi connectivity index (χ0v) is 37.3. The maximum absolute atomic E-state index is 14.2. The number of cyclic esters (lactones) is 1. The summed E-state index contributed by atoms with van der Waals surface area (Å²) < 4.78 is 42.2. The van der Waals surface area contributed by atoms with Gasteiger partial charge in [-0.25, -0.2) is 9.69 Å². The second-order valence-electron chi connectivity index (χ2n) is 16.2. The van der Waals surface area contributed by atoms with E-state index in [0.29, 0.717) is 11.1 Å². The van der Waals surface area contributed by atoms with Gasteiger partial charge in [0.1, 0.15) is 30.5 Å². The van der Waals surface area contributed by atoms with Gasteiger partial charge in [-0.15, -0.1) is 0 Å². The van der Waals surface area contributed by atoms with E-state index in [1.165, 1.54) is 14.0 Å². The van der Waals surface area contributed by atoms with Crippen molar-refractivity contribution >= 4 is 35.1 Å². The molecule has 0 aromatic heterocycles. The number of hydrogen-bond acceptors (Lipinski definition) is 13. The molecule has 0 aliphatic carbocycles. The third kappa shape index (κ3) is 12.5. The third-order valence-electron chi connectivity index (χ3n) is 11.4. The summed E-state index contributed by atoms with van der Waals surface area (Å²) >= 11 is 0. The number of aliphatic hydroxyl groups excluding tert-OH is 1. The van der Waals surface area contributed by atoms with Crippen molar-refractivity contribution in [2.75, 3.05) is 20.3 Å². The Bertz CT molecular complexity index is 2250. The van der Waals surface area contributed by atoms with Crippen molar-refractivity contribution in [1.82, 2.24) is 4.90 Å². The van der Waals surface area contributed by atoms with Crippen LogP contribution >= 0.6 is 0 Å². The topological polar surface area (TPSA) is 173 Å². The summed E-state index contributed by atoms with van der Waals surface area (Å²) in [5, 5.41) is 10.4. The van der Waals surface area contributed by atoms with Crippen LogP contribution < -0.4 is 0 Å². The first kappa shape index (κ1) is 48.6. The number of rotatable bonds is 21. The largest absolute Gasteiger partial charge is 0.453 e. The highest BCUT2D eigenvalue weighted by molar-refractivity contribution is 6.25. The zero-order valence-electron chi connectivity index (χ0n) is 37.3. The molecule has 0 radical (unpaired) electrons. The van der Waals surface area contributed by atoms with Crippen molar-refractivity contribution in [3.05, 3.63) is 149 Å². The molecule has 2 fully saturated rings. The second-order valence-corrected chi connectivity index (χ2v) is 16.2. The molecule has 0 saturated carbocycles. The predicted molar refractivity (Wildman–Crippen MR) is 238 cm³/mol. The minimum atomic E-state index is -1.67. The summed E-state index contributed by atoms with van der Waals surface area (Å²) in [6, 6.07) is 34.4. The minimum absolute atomic E-state index is 0.0325. The average molecular weight is 892 g/mol. The van der Waals surface area contributed by atoms with Crippen molar-refractivity contribution in [3.63, 3.8) is 0 Å². The highest BCUT2D eigenvalue weighted by Gasteiger charge is 2.49. The van der Waals surface area contributed by atoms with Crippen LogP contribution in [0.25, 0.3) is 5.57 Å². The Hall–Kier alpha value is -5.87. The lowest BCUT2D eigenvalue weighted by molar-refractivity contribution is -0.319. The van der Waals surface area contributed by atoms with Crippen LogP contribution in [-0.4, -0.2) is 103 Å². The number of nitrogens with zero attached hydrogens (tertiary/aromatic N) is 1. The predicted octanol–water partition coefficient (Wildman–Crippen LogP) is 6.89. The molecular weight excluding hydrogens is 835 g/mol. The number of benzene rings is 4. The Balaban J connectivity index is 1.19. The van der Waals surface area contributed by atoms with Gasteiger partial charge < -0.3 is 38.3 Å². The molecule has 2 heterocycles. The van der Waals surface area contributed by atoms with Gasteiger partial charge in [-0.2, -0.15) is 0 Å². The molecule has 2 saturated heterocycles. The lowest BCUT2D eigenvalue weighted by atomic mass is 9.92. The van der Waals surface area contributed by atoms with Gasteiger partial charge >= 0.3 is 12.1 Å². The van der Waals surface area contributed by atoms with Crippen molar-refractivity contribution in [1.29, 1.82) is 0 Å². The molecule has 4 aromatic rings. The fourth-order valence-corrected chi connectivity index (χ4v) is 8.04. The molecule has 0 unspecified atom stereocenters. The summed E-state index contributed by atoms with van der Waals surface area (Å²) in [6.45, 7) is 6.08. The van der Waals surface area contributed by atoms with E-state index in [9.17, 15) is 29.1 Å². The van der Waals surface area contributed by atoms with Crippen LogP contribution in [0.15, 0.2) is 121 Å². The van der Waals surface area contributed by atoms with Crippen molar-refractivity contribution in [3.8, 4) is 0 Å². The summed E-state index contributed by atoms with van der Waals surface area (Å²) in [5.74, 6) is -4.17. The molecule has 14 heteroatoms. The van der Waals surface area contributed by atoms with E-state index in [1.807, 2.05) is 79.7 Å². The Morgan fingerprint density at radius 2 is 1.43 bits per heavy atom. The number of amides is 2. The van der Waals surface area contributed by atoms with Gasteiger partial charge in [-0.05, 0) is 55.5 Å². The number of hydrogen-bond donors (Lipinski definition) is 1. The second kappa shape index (κ2) is 23.4. The highest BCUT2D eigenvalue weighted by atomic mass is 16.7. The molecule has 1 N–H and O–H groups in total. The van der Waals surface area contributed by atoms with Crippen molar-refractivity contribution < 1.29 is 62.2 Å². The van der Waals surface area contributed by atoms with Gasteiger partial charge in [0.2, 0.25) is 5.91 Å². The monoisotopic (exact) mass is 891 g/mol. The Morgan fingerprint density at radius 1 is 0.815 bits per heavy atom. The van der Waals surface area contributed by atoms with Gasteiger partial charge in [0.05, 0.1) is 31.8 Å². The Kier molecular flexibility index (Phi) is 17.5. The van der Waals surface area contributed by atoms with Gasteiger partial charge in [-0.3, -0.25) is 19.2 Å². The Labute approximate surface area is 379 Å². The SMILES string of the molecule is CO[C@H]1O[C@H](CO)[C@@H](OCc2ccccc2)[C@H](OCc2ccccc2)[C@@H]1OCCCC(=O)C(=CC(=O)[C@@H](OC(C)=O)[C@H](C)C(=O)N1C(=O)O[C@H](c2ccccc2)[C@@H]1C)c1cccc(C)c1. The minimum Gasteiger partial charge on any atom is -0.453 e. The van der Waals surface area contributed by atoms with E-state index in [2.05, 4.69) is 0 Å². The number of ether oxygens (including phenoxy) is 7. The van der Waals surface area contributed by atoms with Crippen LogP contribution in [0.5, 0.6) is 0 Å². The first-order valence-corrected chi connectivity index (χ1v) is 21.7. The fourth-order valence-electron chi connectivity index (χ4n) is 8.04. The van der Waals surface area contributed by atoms with E-state index >= 15 is 0 Å². The molecule has 2 aliphatic heterocycles. The highest BCUT2D eigenvalue weighted by Crippen LogP contribution is 2.35. The molecule has 65 heavy (non-hydrogen) atoms. The van der Waals surface area contributed by atoms with Crippen LogP contribution in [0.1, 0.15) is 67.5 Å². The molecule has 4 aromatic carbocycles. The molecular formula is C51H57NO13. The smallest absolute Gasteiger partial charge is 0.417 e. The average Bonchev–Trinajstić information content (AvgIpc) is 3.62. The number of allylic oxidation sites excluding steroid dienone is 1. The summed E-state index contributed by atoms with van der Waals surface area (Å²) in [5.41, 5.74) is 3.80. The maximum atomic E-state index is 14.2. The van der Waals surface area contributed by atoms with E-state index in [1.54, 1.807) is 49.4 Å². The summed E-state index contributed by atoms with van der Waals surface area (Å²) in [7, 11) is 1.46. The van der Waals surface area contributed by atoms with E-state index in [4.69, 9.17) is 33.2 Å². The number of ketones is 2. The van der Waals surface area contributed by atoms with Crippen LogP contribution in [0.3, 0.4) is 0 Å². The normalized spacial score (nSPS) is 23.0. The molecule has 344 valence electrons. The lowest BCUT2D eigenvalue weighted by Gasteiger charge is -2.45. The molecule has 14 nitrogen and oxygen atoms in total. The maximum Gasteiger partial charge on any atom is 0.417 e. The van der Waals surface area contributed by atoms with Gasteiger partial charge in [0.15, 0.2) is 24.0 Å². The lowest BCUT2D eigenvalue weighted by Crippen LogP contribution is -2.61. The number of aliphatic hydroxyl groups is 1. The quantitative estimate of drug-likeness (QED) is 0.0521. The molecule has 2 aliphatic rings. The first-order chi connectivity index (χ1) is 31.4. The number of carbonyl (C=O) groups is 5. The molecule has 9 atom stereocenters. The standard InChI is InChI=1S/C51H57NO13/c1-32-17-15-24-39(27-32)40(28-42(56)44(63-35(4)54)33(2)49(57)52-34(3)45(65-51(52)58)38-22-13-8-14-23-38)41(55)25-16-26-60-48-47(62-31-37-20-11-7-12-21-37)46(43(29-53)64-50(48)59-5)61-30-36-18-9-6-10-19-36/h6-15,17-24,27-28,33-34,43-48,50,53H,16,25-26,29-31H2,1-5H3/t33-,34-,43+,44-,45-,46+,47-,48-,50-/m0/s1. The first-order valence-electron chi connectivity index (χ1n) is 21.7. The molecule has 6 rings (SSSR count). The number of methoxy groups -OCH3 is 1.